The van der Waals surface area contributed by atoms with Crippen LogP contribution in [0, 0.1) is 0 Å². The number of carbonyl (C=O) groups excluding carboxylic acids is 3. The molecule has 0 unspecified atom stereocenters. The maximum atomic E-state index is 12.2. The minimum absolute atomic E-state index is 0.224. The summed E-state index contributed by atoms with van der Waals surface area (Å²) in [6, 6.07) is 14.1. The first kappa shape index (κ1) is 26.8. The SMILES string of the molecule is CCOC(=O)c1ccc(C/C=C/CCCCCCCOC(=O)c2ccccc2OC(C)=O)cc1. The van der Waals surface area contributed by atoms with Gasteiger partial charge in [-0.1, -0.05) is 55.7 Å². The van der Waals surface area contributed by atoms with Crippen LogP contribution in [0.3, 0.4) is 0 Å². The number of carbonyl (C=O) groups is 3. The van der Waals surface area contributed by atoms with Crippen molar-refractivity contribution in [2.24, 2.45) is 0 Å². The van der Waals surface area contributed by atoms with Gasteiger partial charge >= 0.3 is 17.9 Å². The summed E-state index contributed by atoms with van der Waals surface area (Å²) >= 11 is 0. The van der Waals surface area contributed by atoms with E-state index in [9.17, 15) is 14.4 Å². The number of ether oxygens (including phenoxy) is 3. The van der Waals surface area contributed by atoms with Crippen molar-refractivity contribution in [3.05, 3.63) is 77.4 Å². The summed E-state index contributed by atoms with van der Waals surface area (Å²) in [4.78, 5) is 35.0. The Morgan fingerprint density at radius 1 is 0.794 bits per heavy atom. The van der Waals surface area contributed by atoms with E-state index in [1.54, 1.807) is 43.3 Å². The van der Waals surface area contributed by atoms with E-state index in [0.717, 1.165) is 50.5 Å². The molecule has 0 saturated heterocycles. The second-order valence-electron chi connectivity index (χ2n) is 7.88. The Morgan fingerprint density at radius 2 is 1.50 bits per heavy atom. The molecule has 0 spiro atoms. The molecule has 0 amide bonds. The minimum Gasteiger partial charge on any atom is -0.462 e. The predicted octanol–water partition coefficient (Wildman–Crippen LogP) is 6.08. The summed E-state index contributed by atoms with van der Waals surface area (Å²) in [5.41, 5.74) is 2.00. The van der Waals surface area contributed by atoms with E-state index in [4.69, 9.17) is 14.2 Å². The first-order valence-corrected chi connectivity index (χ1v) is 11.9. The molecule has 0 aliphatic carbocycles. The average molecular weight is 467 g/mol. The van der Waals surface area contributed by atoms with Gasteiger partial charge in [-0.05, 0) is 62.4 Å². The van der Waals surface area contributed by atoms with Gasteiger partial charge in [-0.15, -0.1) is 0 Å². The molecule has 0 atom stereocenters. The number of allylic oxidation sites excluding steroid dienone is 2. The highest BCUT2D eigenvalue weighted by Gasteiger charge is 2.14. The molecule has 6 nitrogen and oxygen atoms in total. The summed E-state index contributed by atoms with van der Waals surface area (Å²) in [6.45, 7) is 3.82. The molecule has 0 radical (unpaired) electrons. The van der Waals surface area contributed by atoms with Crippen molar-refractivity contribution >= 4 is 17.9 Å². The van der Waals surface area contributed by atoms with Gasteiger partial charge in [0.2, 0.25) is 0 Å². The van der Waals surface area contributed by atoms with Crippen LogP contribution >= 0.6 is 0 Å². The van der Waals surface area contributed by atoms with Crippen molar-refractivity contribution < 1.29 is 28.6 Å². The number of hydrogen-bond acceptors (Lipinski definition) is 6. The third-order valence-corrected chi connectivity index (χ3v) is 5.09. The fourth-order valence-corrected chi connectivity index (χ4v) is 3.34. The Bertz CT molecular complexity index is 946. The topological polar surface area (TPSA) is 78.9 Å². The lowest BCUT2D eigenvalue weighted by atomic mass is 10.1. The van der Waals surface area contributed by atoms with Gasteiger partial charge < -0.3 is 14.2 Å². The highest BCUT2D eigenvalue weighted by Crippen LogP contribution is 2.19. The lowest BCUT2D eigenvalue weighted by molar-refractivity contribution is -0.131. The third-order valence-electron chi connectivity index (χ3n) is 5.09. The van der Waals surface area contributed by atoms with E-state index in [0.29, 0.717) is 18.8 Å². The summed E-state index contributed by atoms with van der Waals surface area (Å²) in [5.74, 6) is -1.01. The molecule has 2 rings (SSSR count). The molecule has 0 saturated carbocycles. The second-order valence-corrected chi connectivity index (χ2v) is 7.88. The molecule has 6 heteroatoms. The first-order valence-electron chi connectivity index (χ1n) is 11.9. The summed E-state index contributed by atoms with van der Waals surface area (Å²) < 4.78 is 15.4. The smallest absolute Gasteiger partial charge is 0.341 e. The van der Waals surface area contributed by atoms with Gasteiger partial charge in [0.1, 0.15) is 11.3 Å². The lowest BCUT2D eigenvalue weighted by Gasteiger charge is -2.09. The van der Waals surface area contributed by atoms with Crippen LogP contribution in [0.2, 0.25) is 0 Å². The normalized spacial score (nSPS) is 10.8. The molecule has 2 aromatic carbocycles. The van der Waals surface area contributed by atoms with E-state index < -0.39 is 11.9 Å². The van der Waals surface area contributed by atoms with E-state index in [1.807, 2.05) is 12.1 Å². The van der Waals surface area contributed by atoms with Crippen LogP contribution in [0.1, 0.15) is 78.7 Å². The zero-order valence-electron chi connectivity index (χ0n) is 20.1. The van der Waals surface area contributed by atoms with Crippen molar-refractivity contribution in [1.82, 2.24) is 0 Å². The van der Waals surface area contributed by atoms with E-state index in [1.165, 1.54) is 6.92 Å². The van der Waals surface area contributed by atoms with Crippen molar-refractivity contribution in [2.45, 2.75) is 58.8 Å². The summed E-state index contributed by atoms with van der Waals surface area (Å²) in [7, 11) is 0. The summed E-state index contributed by atoms with van der Waals surface area (Å²) in [5, 5.41) is 0. The van der Waals surface area contributed by atoms with Crippen LogP contribution in [0.15, 0.2) is 60.7 Å². The number of hydrogen-bond donors (Lipinski definition) is 0. The monoisotopic (exact) mass is 466 g/mol. The van der Waals surface area contributed by atoms with Crippen molar-refractivity contribution in [3.8, 4) is 5.75 Å². The van der Waals surface area contributed by atoms with E-state index >= 15 is 0 Å². The van der Waals surface area contributed by atoms with Crippen molar-refractivity contribution in [1.29, 1.82) is 0 Å². The van der Waals surface area contributed by atoms with Gasteiger partial charge in [0, 0.05) is 6.92 Å². The number of esters is 3. The molecule has 34 heavy (non-hydrogen) atoms. The zero-order valence-corrected chi connectivity index (χ0v) is 20.1. The molecular weight excluding hydrogens is 432 g/mol. The Morgan fingerprint density at radius 3 is 2.24 bits per heavy atom. The summed E-state index contributed by atoms with van der Waals surface area (Å²) in [6.07, 6.45) is 11.4. The number of para-hydroxylation sites is 1. The molecule has 0 aliphatic heterocycles. The fraction of sp³-hybridized carbons (Fsp3) is 0.393. The second kappa shape index (κ2) is 15.4. The lowest BCUT2D eigenvalue weighted by Crippen LogP contribution is -2.11. The highest BCUT2D eigenvalue weighted by molar-refractivity contribution is 5.93. The number of rotatable bonds is 14. The zero-order chi connectivity index (χ0) is 24.6. The Balaban J connectivity index is 1.53. The van der Waals surface area contributed by atoms with Crippen molar-refractivity contribution in [2.75, 3.05) is 13.2 Å². The Labute approximate surface area is 201 Å². The van der Waals surface area contributed by atoms with Gasteiger partial charge in [0.15, 0.2) is 0 Å². The van der Waals surface area contributed by atoms with Crippen LogP contribution in [0.5, 0.6) is 5.75 Å². The van der Waals surface area contributed by atoms with Crippen LogP contribution in [-0.4, -0.2) is 31.1 Å². The molecule has 0 bridgehead atoms. The van der Waals surface area contributed by atoms with Crippen LogP contribution < -0.4 is 4.74 Å². The number of benzene rings is 2. The van der Waals surface area contributed by atoms with Crippen LogP contribution in [-0.2, 0) is 20.7 Å². The Kier molecular flexibility index (Phi) is 12.2. The van der Waals surface area contributed by atoms with Gasteiger partial charge in [0.25, 0.3) is 0 Å². The predicted molar refractivity (Wildman–Crippen MR) is 131 cm³/mol. The van der Waals surface area contributed by atoms with Gasteiger partial charge in [0.05, 0.1) is 18.8 Å². The van der Waals surface area contributed by atoms with Gasteiger partial charge in [-0.3, -0.25) is 4.79 Å². The van der Waals surface area contributed by atoms with E-state index in [-0.39, 0.29) is 17.3 Å². The van der Waals surface area contributed by atoms with Gasteiger partial charge in [-0.25, -0.2) is 9.59 Å². The molecule has 0 fully saturated rings. The van der Waals surface area contributed by atoms with Gasteiger partial charge in [-0.2, -0.15) is 0 Å². The minimum atomic E-state index is -0.475. The molecule has 2 aromatic rings. The standard InChI is InChI=1S/C28H34O6/c1-3-32-27(30)24-19-17-23(18-20-24)14-10-8-6-4-5-7-9-13-21-33-28(31)25-15-11-12-16-26(25)34-22(2)29/h8,10-12,15-20H,3-7,9,13-14,21H2,1-2H3/b10-8+. The maximum Gasteiger partial charge on any atom is 0.341 e. The third kappa shape index (κ3) is 10.0. The van der Waals surface area contributed by atoms with Crippen LogP contribution in [0.4, 0.5) is 0 Å². The maximum absolute atomic E-state index is 12.2. The highest BCUT2D eigenvalue weighted by atomic mass is 16.5. The number of unbranched alkanes of at least 4 members (excludes halogenated alkanes) is 5. The first-order chi connectivity index (χ1) is 16.5. The van der Waals surface area contributed by atoms with Crippen LogP contribution in [0.25, 0.3) is 0 Å². The van der Waals surface area contributed by atoms with E-state index in [2.05, 4.69) is 12.2 Å². The molecule has 0 aromatic heterocycles. The average Bonchev–Trinajstić information content (AvgIpc) is 2.83. The van der Waals surface area contributed by atoms with Crippen molar-refractivity contribution in [3.63, 3.8) is 0 Å². The molecule has 182 valence electrons. The largest absolute Gasteiger partial charge is 0.462 e. The molecular formula is C28H34O6. The fourth-order valence-electron chi connectivity index (χ4n) is 3.34. The molecule has 0 aliphatic rings. The Hall–Kier alpha value is -3.41. The molecule has 0 heterocycles. The quantitative estimate of drug-likeness (QED) is 0.145. The molecule has 0 N–H and O–H groups in total.